The highest BCUT2D eigenvalue weighted by atomic mass is 79.9. The minimum absolute atomic E-state index is 0. The summed E-state index contributed by atoms with van der Waals surface area (Å²) in [5, 5.41) is 22.8. The van der Waals surface area contributed by atoms with Gasteiger partial charge >= 0.3 is 28.1 Å². The zero-order chi connectivity index (χ0) is 59.2. The Hall–Kier alpha value is -7.44. The average molecular weight is 1310 g/mol. The number of anilines is 2. The van der Waals surface area contributed by atoms with Crippen molar-refractivity contribution in [3.8, 4) is 39.8 Å². The van der Waals surface area contributed by atoms with Crippen molar-refractivity contribution in [2.45, 2.75) is 25.9 Å². The molecule has 2 atom stereocenters. The summed E-state index contributed by atoms with van der Waals surface area (Å²) in [7, 11) is -4.97. The molecule has 10 rings (SSSR count). The highest BCUT2D eigenvalue weighted by molar-refractivity contribution is 9.10. The van der Waals surface area contributed by atoms with E-state index in [4.69, 9.17) is 14.5 Å². The molecule has 0 saturated carbocycles. The maximum atomic E-state index is 15.3. The van der Waals surface area contributed by atoms with Gasteiger partial charge in [0.1, 0.15) is 28.9 Å². The number of nitrogens with zero attached hydrogens (tertiary/aromatic N) is 8. The predicted octanol–water partition coefficient (Wildman–Crippen LogP) is 6.95. The Bertz CT molecular complexity index is 4040. The van der Waals surface area contributed by atoms with E-state index >= 15 is 4.39 Å². The van der Waals surface area contributed by atoms with Gasteiger partial charge in [-0.3, -0.25) is 28.2 Å². The summed E-state index contributed by atoms with van der Waals surface area (Å²) in [6, 6.07) is 18.9. The molecule has 4 aromatic carbocycles. The molecule has 0 spiro atoms. The Balaban J connectivity index is 0.000000224. The number of aromatic nitrogens is 6. The van der Waals surface area contributed by atoms with Crippen molar-refractivity contribution in [1.82, 2.24) is 38.1 Å². The van der Waals surface area contributed by atoms with Crippen LogP contribution in [0.1, 0.15) is 22.5 Å². The van der Waals surface area contributed by atoms with Crippen LogP contribution in [0.15, 0.2) is 124 Å². The standard InChI is InChI=1S/C25H19F4N5O4S.C19H17BrFN5O4S.C6H3BF3O2.2H3P/c1-38-22-11-16(15-9-18(27)25(29)19(28)10-15)17(26)12-21(22)34-20-6-8-33(13-14(20)4-5-24(34)35)39(36,37)32-23-3-2-7-30-31-23;1-30-17-9-13(20)14(21)10-16(17)26-15-6-8-25(11-12(15)4-5-19(26)27)31(28,29)24-18-3-2-7-22-23-18;8-4-1-3(12-7-11)2-5(9)6(4)10;;/h2-5,7,9-12H,6,8,13H2,1H3,(H,31,32);2-5,7,9-10H,6,8,11H2,1H3,(H,23,24);1-2,11H;2*1H3. The molecule has 0 bridgehead atoms. The number of nitrogens with one attached hydrogen (secondary N) is 2. The van der Waals surface area contributed by atoms with Gasteiger partial charge in [-0.15, -0.1) is 10.2 Å². The van der Waals surface area contributed by atoms with E-state index in [1.54, 1.807) is 12.1 Å². The fourth-order valence-electron chi connectivity index (χ4n) is 8.45. The van der Waals surface area contributed by atoms with Gasteiger partial charge in [-0.1, -0.05) is 12.1 Å². The first-order valence-corrected chi connectivity index (χ1v) is 27.1. The Labute approximate surface area is 488 Å². The molecule has 2 aliphatic rings. The lowest BCUT2D eigenvalue weighted by atomic mass is 10.0. The van der Waals surface area contributed by atoms with Crippen LogP contribution in [-0.2, 0) is 46.3 Å². The monoisotopic (exact) mass is 1310 g/mol. The van der Waals surface area contributed by atoms with E-state index < -0.39 is 72.5 Å². The number of rotatable bonds is 13. The molecule has 20 nitrogen and oxygen atoms in total. The minimum Gasteiger partial charge on any atom is -0.537 e. The molecule has 1 radical (unpaired) electrons. The number of methoxy groups -OCH3 is 2. The molecule has 0 saturated heterocycles. The molecule has 8 aromatic rings. The zero-order valence-electron chi connectivity index (χ0n) is 43.5. The summed E-state index contributed by atoms with van der Waals surface area (Å²) in [5.41, 5.74) is 0.930. The van der Waals surface area contributed by atoms with Crippen LogP contribution in [0.2, 0.25) is 0 Å². The Morgan fingerprint density at radius 2 is 1.01 bits per heavy atom. The molecule has 84 heavy (non-hydrogen) atoms. The first-order valence-electron chi connectivity index (χ1n) is 23.5. The van der Waals surface area contributed by atoms with E-state index in [-0.39, 0.29) is 122 Å². The largest absolute Gasteiger partial charge is 0.569 e. The van der Waals surface area contributed by atoms with Gasteiger partial charge in [0.05, 0.1) is 30.1 Å². The number of hydrogen-bond donors (Lipinski definition) is 3. The molecule has 4 aromatic heterocycles. The third-order valence-electron chi connectivity index (χ3n) is 12.2. The molecule has 34 heteroatoms. The van der Waals surface area contributed by atoms with E-state index in [1.165, 1.54) is 88.6 Å². The minimum atomic E-state index is -4.01. The van der Waals surface area contributed by atoms with Crippen LogP contribution in [0, 0.1) is 46.5 Å². The fraction of sp³-hybridized carbons (Fsp3) is 0.160. The van der Waals surface area contributed by atoms with E-state index in [2.05, 4.69) is 50.4 Å². The molecule has 6 heterocycles. The highest BCUT2D eigenvalue weighted by Gasteiger charge is 2.32. The summed E-state index contributed by atoms with van der Waals surface area (Å²) in [4.78, 5) is 25.6. The number of hydrogen-bond acceptors (Lipinski definition) is 14. The van der Waals surface area contributed by atoms with Crippen molar-refractivity contribution in [3.63, 3.8) is 0 Å². The Morgan fingerprint density at radius 3 is 1.43 bits per heavy atom. The van der Waals surface area contributed by atoms with E-state index in [1.807, 2.05) is 0 Å². The van der Waals surface area contributed by atoms with Crippen molar-refractivity contribution >= 4 is 75.5 Å². The molecule has 0 fully saturated rings. The Kier molecular flexibility index (Phi) is 21.9. The average Bonchev–Trinajstić information content (AvgIpc) is 3.65. The number of fused-ring (bicyclic) bond motifs is 2. The number of pyridine rings is 2. The van der Waals surface area contributed by atoms with Gasteiger partial charge in [0, 0.05) is 105 Å². The molecular formula is C50H45BBrF8N10O10P2S2. The fourth-order valence-corrected chi connectivity index (χ4v) is 11.1. The van der Waals surface area contributed by atoms with Gasteiger partial charge in [0.15, 0.2) is 46.5 Å². The van der Waals surface area contributed by atoms with Crippen LogP contribution >= 0.6 is 35.7 Å². The SMILES string of the molecule is COc1cc(-c2cc(F)c(F)c(F)c2)c(F)cc1-n1c2c(ccc1=O)CN(S(=O)(=O)Nc1cccnn1)CC2.COc1cc(Br)c(F)cc1-n1c2c(ccc1=O)CN(S(=O)(=O)Nc1cccnn1)CC2.O[B]Oc1cc(F)c(F)c(F)c1.P.P. The molecule has 3 N–H and O–H groups in total. The van der Waals surface area contributed by atoms with Crippen molar-refractivity contribution < 1.29 is 71.1 Å². The van der Waals surface area contributed by atoms with Crippen molar-refractivity contribution in [1.29, 1.82) is 0 Å². The summed E-state index contributed by atoms with van der Waals surface area (Å²) in [6.45, 7) is 0.0468. The lowest BCUT2D eigenvalue weighted by Crippen LogP contribution is -2.41. The summed E-state index contributed by atoms with van der Waals surface area (Å²) in [6.07, 6.45) is 3.17. The Morgan fingerprint density at radius 1 is 0.583 bits per heavy atom. The van der Waals surface area contributed by atoms with Gasteiger partial charge in [0.2, 0.25) is 0 Å². The first kappa shape index (κ1) is 65.7. The van der Waals surface area contributed by atoms with Crippen LogP contribution in [0.4, 0.5) is 46.8 Å². The number of halogens is 9. The third kappa shape index (κ3) is 14.7. The topological polar surface area (TPSA) is 242 Å². The van der Waals surface area contributed by atoms with Crippen molar-refractivity contribution in [2.75, 3.05) is 36.8 Å². The molecule has 443 valence electrons. The molecule has 0 amide bonds. The second-order valence-electron chi connectivity index (χ2n) is 17.2. The van der Waals surface area contributed by atoms with E-state index in [9.17, 15) is 57.2 Å². The molecular weight excluding hydrogens is 1270 g/mol. The van der Waals surface area contributed by atoms with Crippen LogP contribution in [0.25, 0.3) is 22.5 Å². The smallest absolute Gasteiger partial charge is 0.537 e. The van der Waals surface area contributed by atoms with Crippen LogP contribution in [0.3, 0.4) is 0 Å². The maximum absolute atomic E-state index is 15.3. The number of ether oxygens (including phenoxy) is 2. The highest BCUT2D eigenvalue weighted by Crippen LogP contribution is 2.36. The first-order chi connectivity index (χ1) is 39.0. The van der Waals surface area contributed by atoms with Crippen molar-refractivity contribution in [3.05, 3.63) is 204 Å². The van der Waals surface area contributed by atoms with E-state index in [0.29, 0.717) is 52.5 Å². The van der Waals surface area contributed by atoms with Crippen molar-refractivity contribution in [2.24, 2.45) is 0 Å². The third-order valence-corrected chi connectivity index (χ3v) is 15.7. The number of benzene rings is 4. The lowest BCUT2D eigenvalue weighted by Gasteiger charge is -2.30. The van der Waals surface area contributed by atoms with Crippen LogP contribution in [0.5, 0.6) is 17.2 Å². The normalized spacial score (nSPS) is 13.0. The van der Waals surface area contributed by atoms with Crippen LogP contribution in [-0.4, -0.2) is 95.0 Å². The second-order valence-corrected chi connectivity index (χ2v) is 21.4. The molecule has 2 aliphatic heterocycles. The summed E-state index contributed by atoms with van der Waals surface area (Å²) in [5.74, 6) is -10.3. The van der Waals surface area contributed by atoms with E-state index in [0.717, 1.165) is 16.4 Å². The predicted molar refractivity (Wildman–Crippen MR) is 305 cm³/mol. The van der Waals surface area contributed by atoms with Gasteiger partial charge in [0.25, 0.3) is 11.1 Å². The van der Waals surface area contributed by atoms with Gasteiger partial charge in [-0.25, -0.2) is 35.1 Å². The summed E-state index contributed by atoms with van der Waals surface area (Å²) >= 11 is 3.11. The lowest BCUT2D eigenvalue weighted by molar-refractivity contribution is 0.385. The molecule has 2 unspecified atom stereocenters. The van der Waals surface area contributed by atoms with Gasteiger partial charge in [-0.2, -0.15) is 55.4 Å². The maximum Gasteiger partial charge on any atom is 0.569 e. The summed E-state index contributed by atoms with van der Waals surface area (Å²) < 4.78 is 184. The van der Waals surface area contributed by atoms with Crippen LogP contribution < -0.4 is 34.7 Å². The zero-order valence-corrected chi connectivity index (χ0v) is 49.6. The second kappa shape index (κ2) is 28.0. The van der Waals surface area contributed by atoms with Gasteiger partial charge in [-0.05, 0) is 81.2 Å². The quantitative estimate of drug-likeness (QED) is 0.0458. The molecule has 0 aliphatic carbocycles. The van der Waals surface area contributed by atoms with Gasteiger partial charge < -0.3 is 19.2 Å².